The van der Waals surface area contributed by atoms with Crippen molar-refractivity contribution >= 4 is 22.5 Å². The Labute approximate surface area is 93.4 Å². The van der Waals surface area contributed by atoms with Gasteiger partial charge in [0.15, 0.2) is 0 Å². The summed E-state index contributed by atoms with van der Waals surface area (Å²) in [6.07, 6.45) is 3.36. The SMILES string of the molecule is NC1CCCc2[nH]c3ccc(Cl)cc3c21. The summed E-state index contributed by atoms with van der Waals surface area (Å²) < 4.78 is 0. The van der Waals surface area contributed by atoms with Crippen molar-refractivity contribution in [3.05, 3.63) is 34.5 Å². The molecule has 78 valence electrons. The lowest BCUT2D eigenvalue weighted by atomic mass is 9.91. The Bertz CT molecular complexity index is 516. The van der Waals surface area contributed by atoms with Crippen LogP contribution in [0, 0.1) is 0 Å². The van der Waals surface area contributed by atoms with Crippen LogP contribution in [0.1, 0.15) is 30.1 Å². The van der Waals surface area contributed by atoms with Gasteiger partial charge in [0, 0.05) is 27.7 Å². The lowest BCUT2D eigenvalue weighted by molar-refractivity contribution is 0.569. The number of hydrogen-bond donors (Lipinski definition) is 2. The summed E-state index contributed by atoms with van der Waals surface area (Å²) >= 11 is 6.01. The van der Waals surface area contributed by atoms with Crippen LogP contribution in [0.2, 0.25) is 5.02 Å². The molecule has 1 atom stereocenters. The number of H-pyrrole nitrogens is 1. The molecule has 15 heavy (non-hydrogen) atoms. The molecular formula is C12H13ClN2. The molecule has 3 rings (SSSR count). The number of fused-ring (bicyclic) bond motifs is 3. The van der Waals surface area contributed by atoms with Crippen LogP contribution < -0.4 is 5.73 Å². The molecule has 1 unspecified atom stereocenters. The number of hydrogen-bond acceptors (Lipinski definition) is 1. The predicted molar refractivity (Wildman–Crippen MR) is 63.2 cm³/mol. The van der Waals surface area contributed by atoms with Crippen molar-refractivity contribution in [3.63, 3.8) is 0 Å². The molecule has 0 radical (unpaired) electrons. The van der Waals surface area contributed by atoms with Crippen LogP contribution in [0.15, 0.2) is 18.2 Å². The van der Waals surface area contributed by atoms with Crippen molar-refractivity contribution in [1.29, 1.82) is 0 Å². The van der Waals surface area contributed by atoms with E-state index in [1.54, 1.807) is 0 Å². The van der Waals surface area contributed by atoms with Gasteiger partial charge in [0.05, 0.1) is 0 Å². The van der Waals surface area contributed by atoms with Crippen LogP contribution in [0.3, 0.4) is 0 Å². The molecule has 0 spiro atoms. The molecule has 1 aliphatic rings. The highest BCUT2D eigenvalue weighted by molar-refractivity contribution is 6.31. The quantitative estimate of drug-likeness (QED) is 0.704. The van der Waals surface area contributed by atoms with Crippen LogP contribution in [0.4, 0.5) is 0 Å². The average Bonchev–Trinajstić information content (AvgIpc) is 2.57. The molecular weight excluding hydrogens is 208 g/mol. The van der Waals surface area contributed by atoms with Gasteiger partial charge >= 0.3 is 0 Å². The highest BCUT2D eigenvalue weighted by Gasteiger charge is 2.21. The van der Waals surface area contributed by atoms with Crippen LogP contribution in [0.25, 0.3) is 10.9 Å². The first-order valence-corrected chi connectivity index (χ1v) is 5.69. The largest absolute Gasteiger partial charge is 0.358 e. The lowest BCUT2D eigenvalue weighted by Gasteiger charge is -2.18. The molecule has 1 heterocycles. The summed E-state index contributed by atoms with van der Waals surface area (Å²) in [5.41, 5.74) is 9.87. The summed E-state index contributed by atoms with van der Waals surface area (Å²) in [7, 11) is 0. The second kappa shape index (κ2) is 3.26. The molecule has 0 amide bonds. The van der Waals surface area contributed by atoms with E-state index in [2.05, 4.69) is 4.98 Å². The van der Waals surface area contributed by atoms with Crippen molar-refractivity contribution < 1.29 is 0 Å². The number of nitrogens with two attached hydrogens (primary N) is 1. The van der Waals surface area contributed by atoms with E-state index in [4.69, 9.17) is 17.3 Å². The van der Waals surface area contributed by atoms with E-state index in [-0.39, 0.29) is 6.04 Å². The van der Waals surface area contributed by atoms with Crippen molar-refractivity contribution in [2.24, 2.45) is 5.73 Å². The van der Waals surface area contributed by atoms with Gasteiger partial charge in [-0.15, -0.1) is 0 Å². The van der Waals surface area contributed by atoms with Gasteiger partial charge < -0.3 is 10.7 Å². The maximum Gasteiger partial charge on any atom is 0.0460 e. The van der Waals surface area contributed by atoms with E-state index in [9.17, 15) is 0 Å². The first kappa shape index (κ1) is 9.25. The topological polar surface area (TPSA) is 41.8 Å². The zero-order chi connectivity index (χ0) is 10.4. The smallest absolute Gasteiger partial charge is 0.0460 e. The van der Waals surface area contributed by atoms with Crippen molar-refractivity contribution in [3.8, 4) is 0 Å². The van der Waals surface area contributed by atoms with Crippen LogP contribution in [-0.4, -0.2) is 4.98 Å². The zero-order valence-electron chi connectivity index (χ0n) is 8.39. The Morgan fingerprint density at radius 2 is 2.27 bits per heavy atom. The Morgan fingerprint density at radius 3 is 3.13 bits per heavy atom. The predicted octanol–water partition coefficient (Wildman–Crippen LogP) is 3.16. The molecule has 3 N–H and O–H groups in total. The standard InChI is InChI=1S/C12H13ClN2/c13-7-4-5-10-8(6-7)12-9(14)2-1-3-11(12)15-10/h4-6,9,15H,1-3,14H2. The van der Waals surface area contributed by atoms with Crippen molar-refractivity contribution in [2.45, 2.75) is 25.3 Å². The summed E-state index contributed by atoms with van der Waals surface area (Å²) in [5, 5.41) is 1.98. The van der Waals surface area contributed by atoms with Gasteiger partial charge in [-0.05, 0) is 43.0 Å². The Morgan fingerprint density at radius 1 is 1.40 bits per heavy atom. The highest BCUT2D eigenvalue weighted by Crippen LogP contribution is 2.35. The minimum atomic E-state index is 0.168. The second-order valence-corrected chi connectivity index (χ2v) is 4.64. The monoisotopic (exact) mass is 220 g/mol. The van der Waals surface area contributed by atoms with Gasteiger partial charge in [-0.1, -0.05) is 11.6 Å². The van der Waals surface area contributed by atoms with E-state index in [1.807, 2.05) is 18.2 Å². The van der Waals surface area contributed by atoms with E-state index in [1.165, 1.54) is 23.1 Å². The van der Waals surface area contributed by atoms with Crippen molar-refractivity contribution in [2.75, 3.05) is 0 Å². The molecule has 3 heteroatoms. The van der Waals surface area contributed by atoms with Crippen LogP contribution >= 0.6 is 11.6 Å². The van der Waals surface area contributed by atoms with Gasteiger partial charge in [0.25, 0.3) is 0 Å². The summed E-state index contributed by atoms with van der Waals surface area (Å²) in [5.74, 6) is 0. The molecule has 0 bridgehead atoms. The first-order valence-electron chi connectivity index (χ1n) is 5.31. The molecule has 1 aliphatic carbocycles. The molecule has 2 aromatic rings. The fraction of sp³-hybridized carbons (Fsp3) is 0.333. The van der Waals surface area contributed by atoms with Gasteiger partial charge in [-0.3, -0.25) is 0 Å². The number of nitrogens with one attached hydrogen (secondary N) is 1. The van der Waals surface area contributed by atoms with E-state index >= 15 is 0 Å². The minimum absolute atomic E-state index is 0.168. The molecule has 0 aliphatic heterocycles. The summed E-state index contributed by atoms with van der Waals surface area (Å²) in [6, 6.07) is 6.12. The summed E-state index contributed by atoms with van der Waals surface area (Å²) in [4.78, 5) is 3.44. The number of benzene rings is 1. The summed E-state index contributed by atoms with van der Waals surface area (Å²) in [6.45, 7) is 0. The molecule has 0 saturated carbocycles. The molecule has 1 aromatic carbocycles. The fourth-order valence-electron chi connectivity index (χ4n) is 2.50. The van der Waals surface area contributed by atoms with E-state index < -0.39 is 0 Å². The number of aromatic amines is 1. The van der Waals surface area contributed by atoms with Gasteiger partial charge in [-0.25, -0.2) is 0 Å². The maximum absolute atomic E-state index is 6.14. The van der Waals surface area contributed by atoms with Crippen LogP contribution in [0.5, 0.6) is 0 Å². The molecule has 0 saturated heterocycles. The Kier molecular flexibility index (Phi) is 2.01. The maximum atomic E-state index is 6.14. The Hall–Kier alpha value is -0.990. The van der Waals surface area contributed by atoms with Crippen LogP contribution in [-0.2, 0) is 6.42 Å². The Balaban J connectivity index is 2.33. The third-order valence-electron chi connectivity index (χ3n) is 3.20. The highest BCUT2D eigenvalue weighted by atomic mass is 35.5. The first-order chi connectivity index (χ1) is 7.25. The molecule has 1 aromatic heterocycles. The average molecular weight is 221 g/mol. The third kappa shape index (κ3) is 1.36. The molecule has 2 nitrogen and oxygen atoms in total. The number of rotatable bonds is 0. The van der Waals surface area contributed by atoms with Crippen molar-refractivity contribution in [1.82, 2.24) is 4.98 Å². The van der Waals surface area contributed by atoms with E-state index in [0.717, 1.165) is 23.4 Å². The minimum Gasteiger partial charge on any atom is -0.358 e. The zero-order valence-corrected chi connectivity index (χ0v) is 9.14. The number of halogens is 1. The van der Waals surface area contributed by atoms with Gasteiger partial charge in [0.1, 0.15) is 0 Å². The number of aryl methyl sites for hydroxylation is 1. The third-order valence-corrected chi connectivity index (χ3v) is 3.43. The lowest BCUT2D eigenvalue weighted by Crippen LogP contribution is -2.16. The molecule has 0 fully saturated rings. The normalized spacial score (nSPS) is 20.5. The second-order valence-electron chi connectivity index (χ2n) is 4.21. The fourth-order valence-corrected chi connectivity index (χ4v) is 2.68. The van der Waals surface area contributed by atoms with Gasteiger partial charge in [0.2, 0.25) is 0 Å². The van der Waals surface area contributed by atoms with Gasteiger partial charge in [-0.2, -0.15) is 0 Å². The van der Waals surface area contributed by atoms with E-state index in [0.29, 0.717) is 0 Å². The number of aromatic nitrogens is 1.